The van der Waals surface area contributed by atoms with E-state index in [-0.39, 0.29) is 11.7 Å². The zero-order valence-corrected chi connectivity index (χ0v) is 15.4. The van der Waals surface area contributed by atoms with E-state index in [0.29, 0.717) is 6.54 Å². The fraction of sp³-hybridized carbons (Fsp3) is 0.318. The summed E-state index contributed by atoms with van der Waals surface area (Å²) in [5.41, 5.74) is 2.02. The van der Waals surface area contributed by atoms with Crippen molar-refractivity contribution in [1.29, 1.82) is 0 Å². The Morgan fingerprint density at radius 1 is 0.926 bits per heavy atom. The van der Waals surface area contributed by atoms with Gasteiger partial charge in [-0.25, -0.2) is 9.97 Å². The molecule has 2 heterocycles. The fourth-order valence-corrected chi connectivity index (χ4v) is 3.55. The largest absolute Gasteiger partial charge is 0.356 e. The highest BCUT2D eigenvalue weighted by Crippen LogP contribution is 2.26. The number of hydrogen-bond acceptors (Lipinski definition) is 4. The average Bonchev–Trinajstić information content (AvgIpc) is 2.74. The molecule has 3 aromatic rings. The van der Waals surface area contributed by atoms with Crippen LogP contribution in [0.3, 0.4) is 0 Å². The molecule has 138 valence electrons. The third-order valence-corrected chi connectivity index (χ3v) is 4.98. The van der Waals surface area contributed by atoms with Crippen molar-refractivity contribution in [3.63, 3.8) is 0 Å². The van der Waals surface area contributed by atoms with Crippen LogP contribution in [-0.4, -0.2) is 35.5 Å². The lowest BCUT2D eigenvalue weighted by Gasteiger charge is -2.28. The van der Waals surface area contributed by atoms with Crippen LogP contribution in [-0.2, 0) is 6.42 Å². The van der Waals surface area contributed by atoms with Crippen molar-refractivity contribution in [1.82, 2.24) is 15.3 Å². The molecule has 1 N–H and O–H groups in total. The van der Waals surface area contributed by atoms with Gasteiger partial charge in [-0.1, -0.05) is 42.5 Å². The number of hydrogen-bond donors (Lipinski definition) is 1. The second-order valence-electron chi connectivity index (χ2n) is 6.93. The molecule has 1 aromatic heterocycles. The number of fused-ring (bicyclic) bond motifs is 1. The number of nitrogens with zero attached hydrogens (tertiary/aromatic N) is 3. The lowest BCUT2D eigenvalue weighted by molar-refractivity contribution is 0.0944. The third-order valence-electron chi connectivity index (χ3n) is 4.98. The summed E-state index contributed by atoms with van der Waals surface area (Å²) in [6.45, 7) is 2.53. The molecule has 0 atom stereocenters. The summed E-state index contributed by atoms with van der Waals surface area (Å²) in [6.07, 6.45) is 4.37. The van der Waals surface area contributed by atoms with Crippen LogP contribution in [0.2, 0.25) is 0 Å². The van der Waals surface area contributed by atoms with E-state index in [4.69, 9.17) is 0 Å². The Bertz CT molecular complexity index is 920. The van der Waals surface area contributed by atoms with E-state index in [1.165, 1.54) is 12.0 Å². The Labute approximate surface area is 159 Å². The van der Waals surface area contributed by atoms with Gasteiger partial charge < -0.3 is 10.2 Å². The molecule has 2 aromatic carbocycles. The lowest BCUT2D eigenvalue weighted by atomic mass is 10.1. The molecule has 0 spiro atoms. The highest BCUT2D eigenvalue weighted by Gasteiger charge is 2.19. The number of anilines is 1. The van der Waals surface area contributed by atoms with Gasteiger partial charge in [-0.2, -0.15) is 0 Å². The number of benzene rings is 2. The third kappa shape index (κ3) is 4.08. The summed E-state index contributed by atoms with van der Waals surface area (Å²) in [7, 11) is 0. The number of nitrogens with one attached hydrogen (secondary N) is 1. The summed E-state index contributed by atoms with van der Waals surface area (Å²) in [5, 5.41) is 3.97. The lowest BCUT2D eigenvalue weighted by Crippen LogP contribution is -2.32. The van der Waals surface area contributed by atoms with Crippen molar-refractivity contribution in [2.24, 2.45) is 0 Å². The number of para-hydroxylation sites is 1. The normalized spacial score (nSPS) is 14.3. The first kappa shape index (κ1) is 17.5. The van der Waals surface area contributed by atoms with E-state index < -0.39 is 0 Å². The van der Waals surface area contributed by atoms with Crippen LogP contribution in [0.1, 0.15) is 35.4 Å². The van der Waals surface area contributed by atoms with Crippen LogP contribution in [0.5, 0.6) is 0 Å². The van der Waals surface area contributed by atoms with Gasteiger partial charge in [-0.15, -0.1) is 0 Å². The van der Waals surface area contributed by atoms with Crippen molar-refractivity contribution >= 4 is 22.6 Å². The van der Waals surface area contributed by atoms with Crippen LogP contribution in [0.15, 0.2) is 54.6 Å². The van der Waals surface area contributed by atoms with Crippen molar-refractivity contribution in [3.05, 3.63) is 66.0 Å². The standard InChI is InChI=1S/C22H24N4O/c27-22(23-14-13-17-9-3-1-4-10-17)20-24-19-12-6-5-11-18(19)21(25-20)26-15-7-2-8-16-26/h1,3-6,9-12H,2,7-8,13-16H2,(H,23,27). The van der Waals surface area contributed by atoms with Gasteiger partial charge in [0.05, 0.1) is 5.52 Å². The minimum Gasteiger partial charge on any atom is -0.356 e. The summed E-state index contributed by atoms with van der Waals surface area (Å²) < 4.78 is 0. The van der Waals surface area contributed by atoms with Crippen LogP contribution >= 0.6 is 0 Å². The molecule has 5 heteroatoms. The van der Waals surface area contributed by atoms with Crippen LogP contribution in [0, 0.1) is 0 Å². The predicted molar refractivity (Wildman–Crippen MR) is 108 cm³/mol. The minimum absolute atomic E-state index is 0.213. The molecule has 1 aliphatic heterocycles. The number of piperidine rings is 1. The molecule has 4 rings (SSSR count). The first-order valence-electron chi connectivity index (χ1n) is 9.65. The van der Waals surface area contributed by atoms with Gasteiger partial charge in [-0.05, 0) is 43.4 Å². The Morgan fingerprint density at radius 3 is 2.48 bits per heavy atom. The molecule has 0 unspecified atom stereocenters. The van der Waals surface area contributed by atoms with Crippen molar-refractivity contribution in [2.75, 3.05) is 24.5 Å². The second-order valence-corrected chi connectivity index (χ2v) is 6.93. The maximum absolute atomic E-state index is 12.7. The Morgan fingerprint density at radius 2 is 1.67 bits per heavy atom. The minimum atomic E-state index is -0.213. The Kier molecular flexibility index (Phi) is 5.28. The molecular formula is C22H24N4O. The van der Waals surface area contributed by atoms with E-state index in [9.17, 15) is 4.79 Å². The topological polar surface area (TPSA) is 58.1 Å². The smallest absolute Gasteiger partial charge is 0.289 e. The molecule has 5 nitrogen and oxygen atoms in total. The van der Waals surface area contributed by atoms with Crippen molar-refractivity contribution < 1.29 is 4.79 Å². The highest BCUT2D eigenvalue weighted by atomic mass is 16.2. The number of carbonyl (C=O) groups excluding carboxylic acids is 1. The van der Waals surface area contributed by atoms with Gasteiger partial charge >= 0.3 is 0 Å². The van der Waals surface area contributed by atoms with E-state index in [1.54, 1.807) is 0 Å². The molecule has 0 bridgehead atoms. The first-order chi connectivity index (χ1) is 13.3. The molecular weight excluding hydrogens is 336 g/mol. The highest BCUT2D eigenvalue weighted by molar-refractivity contribution is 5.96. The van der Waals surface area contributed by atoms with Gasteiger partial charge in [0.25, 0.3) is 5.91 Å². The van der Waals surface area contributed by atoms with E-state index in [2.05, 4.69) is 32.3 Å². The summed E-state index contributed by atoms with van der Waals surface area (Å²) in [6, 6.07) is 18.1. The van der Waals surface area contributed by atoms with Crippen molar-refractivity contribution in [3.8, 4) is 0 Å². The average molecular weight is 360 g/mol. The summed E-state index contributed by atoms with van der Waals surface area (Å²) in [5.74, 6) is 0.922. The molecule has 1 amide bonds. The van der Waals surface area contributed by atoms with Crippen LogP contribution in [0.4, 0.5) is 5.82 Å². The Balaban J connectivity index is 1.54. The zero-order chi connectivity index (χ0) is 18.5. The number of amides is 1. The monoisotopic (exact) mass is 360 g/mol. The van der Waals surface area contributed by atoms with Gasteiger partial charge in [0, 0.05) is 25.0 Å². The first-order valence-corrected chi connectivity index (χ1v) is 9.65. The molecule has 0 radical (unpaired) electrons. The van der Waals surface area contributed by atoms with Crippen LogP contribution < -0.4 is 10.2 Å². The molecule has 27 heavy (non-hydrogen) atoms. The van der Waals surface area contributed by atoms with E-state index >= 15 is 0 Å². The van der Waals surface area contributed by atoms with Gasteiger partial charge in [-0.3, -0.25) is 4.79 Å². The van der Waals surface area contributed by atoms with E-state index in [1.807, 2.05) is 42.5 Å². The van der Waals surface area contributed by atoms with Gasteiger partial charge in [0.15, 0.2) is 0 Å². The number of aromatic nitrogens is 2. The quantitative estimate of drug-likeness (QED) is 0.755. The molecule has 0 saturated carbocycles. The summed E-state index contributed by atoms with van der Waals surface area (Å²) >= 11 is 0. The number of carbonyl (C=O) groups is 1. The summed E-state index contributed by atoms with van der Waals surface area (Å²) in [4.78, 5) is 24.1. The SMILES string of the molecule is O=C(NCCc1ccccc1)c1nc(N2CCCCC2)c2ccccc2n1. The molecule has 1 fully saturated rings. The molecule has 1 aliphatic rings. The second kappa shape index (κ2) is 8.16. The van der Waals surface area contributed by atoms with Gasteiger partial charge in [0.1, 0.15) is 5.82 Å². The fourth-order valence-electron chi connectivity index (χ4n) is 3.55. The maximum atomic E-state index is 12.7. The van der Waals surface area contributed by atoms with Crippen molar-refractivity contribution in [2.45, 2.75) is 25.7 Å². The number of rotatable bonds is 5. The molecule has 1 saturated heterocycles. The Hall–Kier alpha value is -2.95. The van der Waals surface area contributed by atoms with Crippen LogP contribution in [0.25, 0.3) is 10.9 Å². The zero-order valence-electron chi connectivity index (χ0n) is 15.4. The molecule has 0 aliphatic carbocycles. The van der Waals surface area contributed by atoms with Gasteiger partial charge in [0.2, 0.25) is 5.82 Å². The maximum Gasteiger partial charge on any atom is 0.289 e. The predicted octanol–water partition coefficient (Wildman–Crippen LogP) is 3.59. The van der Waals surface area contributed by atoms with E-state index in [0.717, 1.165) is 49.1 Å².